The number of carboxylic acid groups (broad SMARTS) is 1. The molecule has 0 saturated carbocycles. The number of nitrogens with one attached hydrogen (secondary N) is 1. The number of carbonyl (C=O) groups is 2. The first-order valence-corrected chi connectivity index (χ1v) is 8.29. The van der Waals surface area contributed by atoms with Crippen molar-refractivity contribution in [3.63, 3.8) is 0 Å². The summed E-state index contributed by atoms with van der Waals surface area (Å²) in [5, 5.41) is 12.1. The molecular formula is C16H21NO4S. The standard InChI is InChI=1S/C16H21NO4S/c1-15(2)9-16(13(18)19,11-22-10-15)17-14(20)21-8-12-6-4-3-5-7-12/h3-7H,8-11H2,1-2H3,(H,17,20)(H,18,19). The normalized spacial score (nSPS) is 23.5. The summed E-state index contributed by atoms with van der Waals surface area (Å²) in [5.74, 6) is 0.221. The Morgan fingerprint density at radius 2 is 1.95 bits per heavy atom. The van der Waals surface area contributed by atoms with Crippen molar-refractivity contribution in [1.29, 1.82) is 0 Å². The van der Waals surface area contributed by atoms with E-state index >= 15 is 0 Å². The summed E-state index contributed by atoms with van der Waals surface area (Å²) in [6.45, 7) is 4.14. The number of carboxylic acids is 1. The van der Waals surface area contributed by atoms with Gasteiger partial charge < -0.3 is 15.2 Å². The SMILES string of the molecule is CC1(C)CSCC(NC(=O)OCc2ccccc2)(C(=O)O)C1. The van der Waals surface area contributed by atoms with E-state index in [1.165, 1.54) is 0 Å². The van der Waals surface area contributed by atoms with E-state index in [0.29, 0.717) is 12.2 Å². The molecule has 0 radical (unpaired) electrons. The Kier molecular flexibility index (Phi) is 5.01. The number of hydrogen-bond acceptors (Lipinski definition) is 4. The first-order chi connectivity index (χ1) is 10.3. The van der Waals surface area contributed by atoms with E-state index in [4.69, 9.17) is 4.74 Å². The van der Waals surface area contributed by atoms with Gasteiger partial charge in [-0.05, 0) is 23.2 Å². The number of ether oxygens (including phenoxy) is 1. The quantitative estimate of drug-likeness (QED) is 0.891. The van der Waals surface area contributed by atoms with Crippen LogP contribution in [0, 0.1) is 5.41 Å². The zero-order chi connectivity index (χ0) is 16.2. The predicted octanol–water partition coefficient (Wildman–Crippen LogP) is 2.90. The maximum atomic E-state index is 12.0. The third-order valence-electron chi connectivity index (χ3n) is 3.59. The van der Waals surface area contributed by atoms with Crippen LogP contribution in [0.3, 0.4) is 0 Å². The Balaban J connectivity index is 1.99. The van der Waals surface area contributed by atoms with Gasteiger partial charge in [-0.25, -0.2) is 9.59 Å². The minimum absolute atomic E-state index is 0.124. The first kappa shape index (κ1) is 16.7. The summed E-state index contributed by atoms with van der Waals surface area (Å²) < 4.78 is 5.15. The summed E-state index contributed by atoms with van der Waals surface area (Å²) in [5.41, 5.74) is -0.547. The zero-order valence-electron chi connectivity index (χ0n) is 12.8. The number of rotatable bonds is 4. The highest BCUT2D eigenvalue weighted by atomic mass is 32.2. The molecule has 1 saturated heterocycles. The minimum Gasteiger partial charge on any atom is -0.479 e. The van der Waals surface area contributed by atoms with Gasteiger partial charge >= 0.3 is 12.1 Å². The summed E-state index contributed by atoms with van der Waals surface area (Å²) in [6.07, 6.45) is -0.299. The highest BCUT2D eigenvalue weighted by Crippen LogP contribution is 2.39. The second-order valence-corrected chi connectivity index (χ2v) is 7.39. The molecule has 1 atom stereocenters. The van der Waals surface area contributed by atoms with Gasteiger partial charge in [-0.2, -0.15) is 11.8 Å². The fraction of sp³-hybridized carbons (Fsp3) is 0.500. The van der Waals surface area contributed by atoms with E-state index in [0.717, 1.165) is 11.3 Å². The van der Waals surface area contributed by atoms with Gasteiger partial charge in [-0.15, -0.1) is 0 Å². The van der Waals surface area contributed by atoms with Crippen molar-refractivity contribution in [2.24, 2.45) is 5.41 Å². The number of hydrogen-bond donors (Lipinski definition) is 2. The van der Waals surface area contributed by atoms with E-state index in [2.05, 4.69) is 5.32 Å². The topological polar surface area (TPSA) is 75.6 Å². The minimum atomic E-state index is -1.26. The highest BCUT2D eigenvalue weighted by Gasteiger charge is 2.47. The van der Waals surface area contributed by atoms with Gasteiger partial charge in [-0.3, -0.25) is 0 Å². The number of thioether (sulfide) groups is 1. The van der Waals surface area contributed by atoms with Crippen LogP contribution in [0.2, 0.25) is 0 Å². The Morgan fingerprint density at radius 3 is 2.55 bits per heavy atom. The maximum Gasteiger partial charge on any atom is 0.408 e. The van der Waals surface area contributed by atoms with Gasteiger partial charge in [0.25, 0.3) is 0 Å². The first-order valence-electron chi connectivity index (χ1n) is 7.13. The Morgan fingerprint density at radius 1 is 1.27 bits per heavy atom. The fourth-order valence-electron chi connectivity index (χ4n) is 2.65. The molecule has 22 heavy (non-hydrogen) atoms. The van der Waals surface area contributed by atoms with Crippen LogP contribution in [0.5, 0.6) is 0 Å². The Bertz CT molecular complexity index is 546. The molecule has 6 heteroatoms. The van der Waals surface area contributed by atoms with Gasteiger partial charge in [0.15, 0.2) is 0 Å². The van der Waals surface area contributed by atoms with Crippen molar-refractivity contribution in [2.75, 3.05) is 11.5 Å². The lowest BCUT2D eigenvalue weighted by molar-refractivity contribution is -0.145. The summed E-state index contributed by atoms with van der Waals surface area (Å²) in [4.78, 5) is 23.7. The van der Waals surface area contributed by atoms with Crippen molar-refractivity contribution >= 4 is 23.8 Å². The average Bonchev–Trinajstić information content (AvgIpc) is 2.45. The van der Waals surface area contributed by atoms with Crippen molar-refractivity contribution in [2.45, 2.75) is 32.4 Å². The molecule has 120 valence electrons. The van der Waals surface area contributed by atoms with Gasteiger partial charge in [0.1, 0.15) is 12.1 Å². The Labute approximate surface area is 134 Å². The van der Waals surface area contributed by atoms with E-state index in [9.17, 15) is 14.7 Å². The second kappa shape index (κ2) is 6.60. The molecule has 1 aliphatic rings. The van der Waals surface area contributed by atoms with Crippen LogP contribution in [0.4, 0.5) is 4.79 Å². The largest absolute Gasteiger partial charge is 0.479 e. The molecule has 0 aromatic heterocycles. The summed E-state index contributed by atoms with van der Waals surface area (Å²) >= 11 is 1.54. The molecule has 1 aromatic carbocycles. The van der Waals surface area contributed by atoms with Crippen LogP contribution >= 0.6 is 11.8 Å². The summed E-state index contributed by atoms with van der Waals surface area (Å²) in [7, 11) is 0. The number of amides is 1. The van der Waals surface area contributed by atoms with Gasteiger partial charge in [0.05, 0.1) is 0 Å². The van der Waals surface area contributed by atoms with Crippen LogP contribution < -0.4 is 5.32 Å². The van der Waals surface area contributed by atoms with Crippen molar-refractivity contribution in [3.05, 3.63) is 35.9 Å². The smallest absolute Gasteiger partial charge is 0.408 e. The molecule has 5 nitrogen and oxygen atoms in total. The van der Waals surface area contributed by atoms with Crippen LogP contribution in [-0.2, 0) is 16.1 Å². The molecule has 1 aliphatic heterocycles. The molecule has 1 fully saturated rings. The molecule has 1 unspecified atom stereocenters. The van der Waals surface area contributed by atoms with Crippen molar-refractivity contribution in [3.8, 4) is 0 Å². The van der Waals surface area contributed by atoms with Crippen LogP contribution in [0.25, 0.3) is 0 Å². The predicted molar refractivity (Wildman–Crippen MR) is 85.9 cm³/mol. The van der Waals surface area contributed by atoms with Crippen molar-refractivity contribution in [1.82, 2.24) is 5.32 Å². The molecule has 1 aromatic rings. The fourth-order valence-corrected chi connectivity index (χ4v) is 4.05. The van der Waals surface area contributed by atoms with E-state index in [-0.39, 0.29) is 12.0 Å². The molecule has 0 spiro atoms. The molecule has 0 bridgehead atoms. The number of carbonyl (C=O) groups excluding carboxylic acids is 1. The lowest BCUT2D eigenvalue weighted by atomic mass is 9.80. The van der Waals surface area contributed by atoms with Crippen molar-refractivity contribution < 1.29 is 19.4 Å². The van der Waals surface area contributed by atoms with E-state index in [1.807, 2.05) is 44.2 Å². The monoisotopic (exact) mass is 323 g/mol. The van der Waals surface area contributed by atoms with Gasteiger partial charge in [0, 0.05) is 5.75 Å². The van der Waals surface area contributed by atoms with E-state index < -0.39 is 17.6 Å². The third-order valence-corrected chi connectivity index (χ3v) is 5.27. The van der Waals surface area contributed by atoms with Gasteiger partial charge in [0.2, 0.25) is 0 Å². The molecule has 1 amide bonds. The lowest BCUT2D eigenvalue weighted by Gasteiger charge is -2.41. The number of benzene rings is 1. The van der Waals surface area contributed by atoms with Crippen LogP contribution in [-0.4, -0.2) is 34.2 Å². The summed E-state index contributed by atoms with van der Waals surface area (Å²) in [6, 6.07) is 9.29. The molecular weight excluding hydrogens is 302 g/mol. The molecule has 2 N–H and O–H groups in total. The average molecular weight is 323 g/mol. The number of aliphatic carboxylic acids is 1. The second-order valence-electron chi connectivity index (χ2n) is 6.41. The number of alkyl carbamates (subject to hydrolysis) is 1. The van der Waals surface area contributed by atoms with E-state index in [1.54, 1.807) is 11.8 Å². The van der Waals surface area contributed by atoms with Gasteiger partial charge in [-0.1, -0.05) is 44.2 Å². The molecule has 2 rings (SSSR count). The Hall–Kier alpha value is -1.69. The van der Waals surface area contributed by atoms with Crippen LogP contribution in [0.1, 0.15) is 25.8 Å². The maximum absolute atomic E-state index is 12.0. The van der Waals surface area contributed by atoms with Crippen LogP contribution in [0.15, 0.2) is 30.3 Å². The third kappa shape index (κ3) is 4.16. The molecule has 0 aliphatic carbocycles. The molecule has 1 heterocycles. The zero-order valence-corrected chi connectivity index (χ0v) is 13.6. The highest BCUT2D eigenvalue weighted by molar-refractivity contribution is 7.99. The lowest BCUT2D eigenvalue weighted by Crippen LogP contribution is -2.60.